The van der Waals surface area contributed by atoms with Crippen LogP contribution in [0.1, 0.15) is 25.8 Å². The lowest BCUT2D eigenvalue weighted by molar-refractivity contribution is 0.0692. The van der Waals surface area contributed by atoms with Gasteiger partial charge in [-0.3, -0.25) is 9.80 Å². The zero-order chi connectivity index (χ0) is 15.3. The number of nitrogens with two attached hydrogens (primary N) is 1. The summed E-state index contributed by atoms with van der Waals surface area (Å²) < 4.78 is 0. The zero-order valence-electron chi connectivity index (χ0n) is 13.3. The summed E-state index contributed by atoms with van der Waals surface area (Å²) in [6, 6.07) is 10.6. The summed E-state index contributed by atoms with van der Waals surface area (Å²) in [5.41, 5.74) is 6.81. The number of piperazine rings is 1. The van der Waals surface area contributed by atoms with E-state index >= 15 is 0 Å². The summed E-state index contributed by atoms with van der Waals surface area (Å²) in [6.45, 7) is 9.44. The number of aliphatic hydroxyl groups is 1. The van der Waals surface area contributed by atoms with Crippen molar-refractivity contribution < 1.29 is 5.11 Å². The van der Waals surface area contributed by atoms with Gasteiger partial charge in [-0.25, -0.2) is 0 Å². The molecule has 1 aliphatic rings. The molecule has 2 atom stereocenters. The van der Waals surface area contributed by atoms with Crippen LogP contribution in [0.15, 0.2) is 30.3 Å². The Bertz CT molecular complexity index is 417. The van der Waals surface area contributed by atoms with Gasteiger partial charge in [0, 0.05) is 38.8 Å². The van der Waals surface area contributed by atoms with E-state index in [2.05, 4.69) is 23.6 Å². The number of nitrogens with zero attached hydrogens (tertiary/aromatic N) is 2. The van der Waals surface area contributed by atoms with Gasteiger partial charge in [0.25, 0.3) is 0 Å². The molecule has 1 heterocycles. The summed E-state index contributed by atoms with van der Waals surface area (Å²) in [5, 5.41) is 9.79. The summed E-state index contributed by atoms with van der Waals surface area (Å²) >= 11 is 0. The van der Waals surface area contributed by atoms with Crippen molar-refractivity contribution in [2.45, 2.75) is 31.8 Å². The lowest BCUT2D eigenvalue weighted by Crippen LogP contribution is -2.56. The fraction of sp³-hybridized carbons (Fsp3) is 0.647. The minimum absolute atomic E-state index is 0.0252. The maximum atomic E-state index is 9.79. The van der Waals surface area contributed by atoms with Crippen LogP contribution in [0.4, 0.5) is 0 Å². The second-order valence-corrected chi connectivity index (χ2v) is 6.25. The molecule has 0 aliphatic carbocycles. The molecule has 3 N–H and O–H groups in total. The van der Waals surface area contributed by atoms with E-state index in [0.29, 0.717) is 12.6 Å². The van der Waals surface area contributed by atoms with Crippen LogP contribution in [0.5, 0.6) is 0 Å². The van der Waals surface area contributed by atoms with E-state index in [1.54, 1.807) is 0 Å². The predicted octanol–water partition coefficient (Wildman–Crippen LogP) is 1.25. The molecule has 4 heteroatoms. The molecule has 1 aromatic rings. The van der Waals surface area contributed by atoms with Gasteiger partial charge in [0.05, 0.1) is 12.1 Å². The molecule has 0 spiro atoms. The lowest BCUT2D eigenvalue weighted by atomic mass is 9.91. The first-order chi connectivity index (χ1) is 10.1. The predicted molar refractivity (Wildman–Crippen MR) is 87.2 cm³/mol. The first-order valence-electron chi connectivity index (χ1n) is 8.00. The van der Waals surface area contributed by atoms with Gasteiger partial charge in [0.1, 0.15) is 0 Å². The van der Waals surface area contributed by atoms with Gasteiger partial charge in [-0.2, -0.15) is 0 Å². The van der Waals surface area contributed by atoms with Crippen LogP contribution in [-0.2, 0) is 5.54 Å². The smallest absolute Gasteiger partial charge is 0.0772 e. The van der Waals surface area contributed by atoms with Crippen molar-refractivity contribution in [2.75, 3.05) is 39.3 Å². The molecule has 4 nitrogen and oxygen atoms in total. The van der Waals surface area contributed by atoms with Crippen molar-refractivity contribution in [1.82, 2.24) is 9.80 Å². The quantitative estimate of drug-likeness (QED) is 0.828. The molecule has 1 aromatic carbocycles. The van der Waals surface area contributed by atoms with E-state index in [0.717, 1.165) is 31.7 Å². The number of rotatable bonds is 6. The van der Waals surface area contributed by atoms with Crippen molar-refractivity contribution in [1.29, 1.82) is 0 Å². The van der Waals surface area contributed by atoms with Crippen LogP contribution in [-0.4, -0.2) is 60.3 Å². The van der Waals surface area contributed by atoms with Crippen molar-refractivity contribution in [3.05, 3.63) is 35.9 Å². The van der Waals surface area contributed by atoms with Gasteiger partial charge < -0.3 is 10.8 Å². The second-order valence-electron chi connectivity index (χ2n) is 6.25. The normalized spacial score (nSPS) is 21.9. The molecule has 0 amide bonds. The van der Waals surface area contributed by atoms with E-state index in [9.17, 15) is 5.11 Å². The van der Waals surface area contributed by atoms with Crippen molar-refractivity contribution >= 4 is 0 Å². The molecule has 1 fully saturated rings. The minimum Gasteiger partial charge on any atom is -0.394 e. The van der Waals surface area contributed by atoms with Crippen LogP contribution in [0.25, 0.3) is 0 Å². The zero-order valence-corrected chi connectivity index (χ0v) is 13.3. The van der Waals surface area contributed by atoms with E-state index in [1.165, 1.54) is 6.42 Å². The SMILES string of the molecule is CCC(C)N1CCN(CC(N)(CO)c2ccccc2)CC1. The maximum Gasteiger partial charge on any atom is 0.0772 e. The highest BCUT2D eigenvalue weighted by Crippen LogP contribution is 2.20. The highest BCUT2D eigenvalue weighted by Gasteiger charge is 2.31. The number of hydrogen-bond donors (Lipinski definition) is 2. The van der Waals surface area contributed by atoms with Crippen molar-refractivity contribution in [2.24, 2.45) is 5.73 Å². The third-order valence-corrected chi connectivity index (χ3v) is 4.76. The first kappa shape index (κ1) is 16.4. The summed E-state index contributed by atoms with van der Waals surface area (Å²) in [6.07, 6.45) is 1.20. The maximum absolute atomic E-state index is 9.79. The molecule has 0 radical (unpaired) electrons. The Balaban J connectivity index is 1.95. The summed E-state index contributed by atoms with van der Waals surface area (Å²) in [7, 11) is 0. The first-order valence-corrected chi connectivity index (χ1v) is 8.00. The number of benzene rings is 1. The fourth-order valence-corrected chi connectivity index (χ4v) is 3.02. The molecule has 1 aliphatic heterocycles. The van der Waals surface area contributed by atoms with E-state index < -0.39 is 5.54 Å². The summed E-state index contributed by atoms with van der Waals surface area (Å²) in [4.78, 5) is 4.91. The van der Waals surface area contributed by atoms with Gasteiger partial charge >= 0.3 is 0 Å². The van der Waals surface area contributed by atoms with Crippen LogP contribution in [0.3, 0.4) is 0 Å². The van der Waals surface area contributed by atoms with Gasteiger partial charge in [-0.15, -0.1) is 0 Å². The molecule has 0 bridgehead atoms. The topological polar surface area (TPSA) is 52.7 Å². The van der Waals surface area contributed by atoms with Gasteiger partial charge in [0.15, 0.2) is 0 Å². The Morgan fingerprint density at radius 3 is 2.33 bits per heavy atom. The lowest BCUT2D eigenvalue weighted by Gasteiger charge is -2.41. The Kier molecular flexibility index (Phi) is 5.76. The largest absolute Gasteiger partial charge is 0.394 e. The standard InChI is InChI=1S/C17H29N3O/c1-3-15(2)20-11-9-19(10-12-20)13-17(18,14-21)16-7-5-4-6-8-16/h4-8,15,21H,3,9-14,18H2,1-2H3. The minimum atomic E-state index is -0.667. The Labute approximate surface area is 128 Å². The average molecular weight is 291 g/mol. The van der Waals surface area contributed by atoms with Gasteiger partial charge in [-0.05, 0) is 18.9 Å². The highest BCUT2D eigenvalue weighted by atomic mass is 16.3. The van der Waals surface area contributed by atoms with Crippen molar-refractivity contribution in [3.8, 4) is 0 Å². The van der Waals surface area contributed by atoms with E-state index in [-0.39, 0.29) is 6.61 Å². The Morgan fingerprint density at radius 1 is 1.19 bits per heavy atom. The highest BCUT2D eigenvalue weighted by molar-refractivity contribution is 5.24. The second kappa shape index (κ2) is 7.36. The summed E-state index contributed by atoms with van der Waals surface area (Å²) in [5.74, 6) is 0. The average Bonchev–Trinajstić information content (AvgIpc) is 2.55. The fourth-order valence-electron chi connectivity index (χ4n) is 3.02. The third kappa shape index (κ3) is 4.04. The Morgan fingerprint density at radius 2 is 1.81 bits per heavy atom. The molecule has 0 aromatic heterocycles. The molecule has 0 saturated carbocycles. The molecule has 1 saturated heterocycles. The monoisotopic (exact) mass is 291 g/mol. The third-order valence-electron chi connectivity index (χ3n) is 4.76. The molecule has 21 heavy (non-hydrogen) atoms. The number of hydrogen-bond acceptors (Lipinski definition) is 4. The van der Waals surface area contributed by atoms with Crippen LogP contribution < -0.4 is 5.73 Å². The Hall–Kier alpha value is -0.940. The number of aliphatic hydroxyl groups excluding tert-OH is 1. The van der Waals surface area contributed by atoms with Crippen molar-refractivity contribution in [3.63, 3.8) is 0 Å². The molecule has 2 unspecified atom stereocenters. The van der Waals surface area contributed by atoms with Gasteiger partial charge in [-0.1, -0.05) is 37.3 Å². The molecular formula is C17H29N3O. The van der Waals surface area contributed by atoms with Crippen LogP contribution in [0.2, 0.25) is 0 Å². The van der Waals surface area contributed by atoms with E-state index in [4.69, 9.17) is 5.73 Å². The van der Waals surface area contributed by atoms with Crippen LogP contribution >= 0.6 is 0 Å². The van der Waals surface area contributed by atoms with Gasteiger partial charge in [0.2, 0.25) is 0 Å². The van der Waals surface area contributed by atoms with Crippen LogP contribution in [0, 0.1) is 0 Å². The van der Waals surface area contributed by atoms with E-state index in [1.807, 2.05) is 30.3 Å². The molecule has 2 rings (SSSR count). The molecule has 118 valence electrons. The molecular weight excluding hydrogens is 262 g/mol.